The van der Waals surface area contributed by atoms with Crippen LogP contribution in [0.1, 0.15) is 32.7 Å². The summed E-state index contributed by atoms with van der Waals surface area (Å²) in [5, 5.41) is 17.3. The monoisotopic (exact) mass is 355 g/mol. The molecule has 3 heterocycles. The largest absolute Gasteiger partial charge is 0.508 e. The fourth-order valence-electron chi connectivity index (χ4n) is 3.14. The number of amides is 1. The van der Waals surface area contributed by atoms with Gasteiger partial charge in [0.1, 0.15) is 21.6 Å². The molecule has 3 N–H and O–H groups in total. The van der Waals surface area contributed by atoms with E-state index >= 15 is 0 Å². The highest BCUT2D eigenvalue weighted by molar-refractivity contribution is 7.21. The molecule has 25 heavy (non-hydrogen) atoms. The molecular weight excluding hydrogens is 338 g/mol. The zero-order valence-corrected chi connectivity index (χ0v) is 14.6. The van der Waals surface area contributed by atoms with Gasteiger partial charge in [0, 0.05) is 23.8 Å². The second-order valence-corrected chi connectivity index (χ2v) is 6.95. The SMILES string of the molecule is COCc1cc(C)nc2sc3c(c12)N[C@@H](c1ccccc1O)NC3=O. The van der Waals surface area contributed by atoms with Crippen LogP contribution in [0, 0.1) is 6.92 Å². The number of thiophene rings is 1. The van der Waals surface area contributed by atoms with Crippen LogP contribution in [0.3, 0.4) is 0 Å². The van der Waals surface area contributed by atoms with Gasteiger partial charge in [-0.2, -0.15) is 0 Å². The standard InChI is InChI=1S/C18H17N3O3S/c1-9-7-10(8-24-2)13-14-15(25-18(13)19-9)17(23)21-16(20-14)11-5-3-4-6-12(11)22/h3-7,16,20,22H,8H2,1-2H3,(H,21,23)/t16-/m1/s1. The third-order valence-corrected chi connectivity index (χ3v) is 5.27. The van der Waals surface area contributed by atoms with Gasteiger partial charge < -0.3 is 20.5 Å². The Morgan fingerprint density at radius 2 is 2.12 bits per heavy atom. The highest BCUT2D eigenvalue weighted by Gasteiger charge is 2.31. The fraction of sp³-hybridized carbons (Fsp3) is 0.222. The van der Waals surface area contributed by atoms with E-state index in [-0.39, 0.29) is 11.7 Å². The molecule has 1 atom stereocenters. The average molecular weight is 355 g/mol. The second-order valence-electron chi connectivity index (χ2n) is 5.95. The number of methoxy groups -OCH3 is 1. The summed E-state index contributed by atoms with van der Waals surface area (Å²) in [7, 11) is 1.64. The molecule has 4 rings (SSSR count). The summed E-state index contributed by atoms with van der Waals surface area (Å²) in [6.45, 7) is 2.36. The molecule has 0 radical (unpaired) electrons. The van der Waals surface area contributed by atoms with E-state index in [4.69, 9.17) is 4.74 Å². The van der Waals surface area contributed by atoms with Gasteiger partial charge in [-0.3, -0.25) is 4.79 Å². The number of aromatic nitrogens is 1. The number of phenolic OH excluding ortho intramolecular Hbond substituents is 1. The van der Waals surface area contributed by atoms with Crippen LogP contribution in [0.25, 0.3) is 10.2 Å². The number of carbonyl (C=O) groups is 1. The van der Waals surface area contributed by atoms with Crippen molar-refractivity contribution >= 4 is 33.1 Å². The van der Waals surface area contributed by atoms with Gasteiger partial charge in [-0.1, -0.05) is 18.2 Å². The Bertz CT molecular complexity index is 983. The first-order chi connectivity index (χ1) is 12.1. The normalized spacial score (nSPS) is 16.4. The van der Waals surface area contributed by atoms with Crippen LogP contribution in [-0.4, -0.2) is 23.1 Å². The molecule has 1 aliphatic rings. The Balaban J connectivity index is 1.87. The Morgan fingerprint density at radius 1 is 1.32 bits per heavy atom. The van der Waals surface area contributed by atoms with Crippen molar-refractivity contribution in [2.45, 2.75) is 19.7 Å². The van der Waals surface area contributed by atoms with E-state index in [1.807, 2.05) is 19.1 Å². The number of carbonyl (C=O) groups excluding carboxylic acids is 1. The lowest BCUT2D eigenvalue weighted by Gasteiger charge is -2.27. The lowest BCUT2D eigenvalue weighted by atomic mass is 10.1. The summed E-state index contributed by atoms with van der Waals surface area (Å²) < 4.78 is 5.32. The number of rotatable bonds is 3. The van der Waals surface area contributed by atoms with E-state index in [0.717, 1.165) is 27.2 Å². The van der Waals surface area contributed by atoms with Gasteiger partial charge in [-0.05, 0) is 24.6 Å². The highest BCUT2D eigenvalue weighted by atomic mass is 32.1. The first-order valence-electron chi connectivity index (χ1n) is 7.85. The highest BCUT2D eigenvalue weighted by Crippen LogP contribution is 2.42. The molecule has 0 aliphatic carbocycles. The third kappa shape index (κ3) is 2.61. The Kier molecular flexibility index (Phi) is 3.82. The maximum atomic E-state index is 12.6. The molecule has 128 valence electrons. The van der Waals surface area contributed by atoms with E-state index in [0.29, 0.717) is 17.0 Å². The van der Waals surface area contributed by atoms with E-state index in [9.17, 15) is 9.90 Å². The van der Waals surface area contributed by atoms with Gasteiger partial charge in [0.25, 0.3) is 5.91 Å². The molecule has 0 saturated carbocycles. The van der Waals surface area contributed by atoms with Crippen molar-refractivity contribution in [3.8, 4) is 5.75 Å². The fourth-order valence-corrected chi connectivity index (χ4v) is 4.28. The van der Waals surface area contributed by atoms with Crippen LogP contribution in [-0.2, 0) is 11.3 Å². The number of anilines is 1. The smallest absolute Gasteiger partial charge is 0.265 e. The van der Waals surface area contributed by atoms with Crippen molar-refractivity contribution < 1.29 is 14.6 Å². The van der Waals surface area contributed by atoms with Gasteiger partial charge in [-0.25, -0.2) is 4.98 Å². The lowest BCUT2D eigenvalue weighted by Crippen LogP contribution is -2.37. The van der Waals surface area contributed by atoms with Gasteiger partial charge in [0.2, 0.25) is 0 Å². The molecule has 6 nitrogen and oxygen atoms in total. The minimum Gasteiger partial charge on any atom is -0.508 e. The molecule has 1 aromatic carbocycles. The van der Waals surface area contributed by atoms with Gasteiger partial charge in [0.15, 0.2) is 0 Å². The maximum absolute atomic E-state index is 12.6. The summed E-state index contributed by atoms with van der Waals surface area (Å²) >= 11 is 1.36. The number of hydrogen-bond donors (Lipinski definition) is 3. The van der Waals surface area contributed by atoms with Crippen molar-refractivity contribution in [3.05, 3.63) is 52.0 Å². The van der Waals surface area contributed by atoms with E-state index in [2.05, 4.69) is 15.6 Å². The molecule has 3 aromatic rings. The number of phenols is 1. The van der Waals surface area contributed by atoms with Gasteiger partial charge in [-0.15, -0.1) is 11.3 Å². The Morgan fingerprint density at radius 3 is 2.88 bits per heavy atom. The van der Waals surface area contributed by atoms with Gasteiger partial charge >= 0.3 is 0 Å². The third-order valence-electron chi connectivity index (χ3n) is 4.19. The summed E-state index contributed by atoms with van der Waals surface area (Å²) in [6.07, 6.45) is -0.504. The number of pyridine rings is 1. The molecule has 0 saturated heterocycles. The van der Waals surface area contributed by atoms with E-state index < -0.39 is 6.17 Å². The first kappa shape index (κ1) is 15.9. The minimum absolute atomic E-state index is 0.134. The summed E-state index contributed by atoms with van der Waals surface area (Å²) in [6, 6.07) is 8.93. The maximum Gasteiger partial charge on any atom is 0.265 e. The van der Waals surface area contributed by atoms with Crippen LogP contribution < -0.4 is 10.6 Å². The summed E-state index contributed by atoms with van der Waals surface area (Å²) in [4.78, 5) is 18.6. The van der Waals surface area contributed by atoms with Crippen LogP contribution >= 0.6 is 11.3 Å². The van der Waals surface area contributed by atoms with Crippen LogP contribution in [0.5, 0.6) is 5.75 Å². The number of aryl methyl sites for hydroxylation is 1. The number of hydrogen-bond acceptors (Lipinski definition) is 6. The van der Waals surface area contributed by atoms with Crippen molar-refractivity contribution in [3.63, 3.8) is 0 Å². The molecule has 0 spiro atoms. The lowest BCUT2D eigenvalue weighted by molar-refractivity contribution is 0.0940. The molecule has 0 bridgehead atoms. The number of aromatic hydroxyl groups is 1. The molecule has 2 aromatic heterocycles. The number of para-hydroxylation sites is 1. The Hall–Kier alpha value is -2.64. The van der Waals surface area contributed by atoms with Crippen molar-refractivity contribution in [1.29, 1.82) is 0 Å². The van der Waals surface area contributed by atoms with Crippen molar-refractivity contribution in [1.82, 2.24) is 10.3 Å². The molecular formula is C18H17N3O3S. The number of nitrogens with one attached hydrogen (secondary N) is 2. The number of benzene rings is 1. The first-order valence-corrected chi connectivity index (χ1v) is 8.67. The topological polar surface area (TPSA) is 83.5 Å². The molecule has 1 aliphatic heterocycles. The van der Waals surface area contributed by atoms with Crippen LogP contribution in [0.15, 0.2) is 30.3 Å². The predicted molar refractivity (Wildman–Crippen MR) is 97.0 cm³/mol. The predicted octanol–water partition coefficient (Wildman–Crippen LogP) is 3.31. The zero-order chi connectivity index (χ0) is 17.6. The summed E-state index contributed by atoms with van der Waals surface area (Å²) in [5.74, 6) is -0.0413. The van der Waals surface area contributed by atoms with E-state index in [1.54, 1.807) is 25.3 Å². The molecule has 0 unspecified atom stereocenters. The number of ether oxygens (including phenoxy) is 1. The second kappa shape index (κ2) is 6.02. The van der Waals surface area contributed by atoms with Gasteiger partial charge in [0.05, 0.1) is 12.3 Å². The summed E-state index contributed by atoms with van der Waals surface area (Å²) in [5.41, 5.74) is 3.24. The Labute approximate surface area is 148 Å². The molecule has 0 fully saturated rings. The van der Waals surface area contributed by atoms with E-state index in [1.165, 1.54) is 11.3 Å². The molecule has 7 heteroatoms. The number of fused-ring (bicyclic) bond motifs is 3. The van der Waals surface area contributed by atoms with Crippen LogP contribution in [0.4, 0.5) is 5.69 Å². The van der Waals surface area contributed by atoms with Crippen LogP contribution in [0.2, 0.25) is 0 Å². The average Bonchev–Trinajstić information content (AvgIpc) is 2.94. The molecule has 1 amide bonds. The van der Waals surface area contributed by atoms with Crippen molar-refractivity contribution in [2.75, 3.05) is 12.4 Å². The zero-order valence-electron chi connectivity index (χ0n) is 13.8. The minimum atomic E-state index is -0.504. The quantitative estimate of drug-likeness (QED) is 0.671. The number of nitrogens with zero attached hydrogens (tertiary/aromatic N) is 1. The van der Waals surface area contributed by atoms with Crippen molar-refractivity contribution in [2.24, 2.45) is 0 Å².